The van der Waals surface area contributed by atoms with Crippen LogP contribution in [0.15, 0.2) is 83.4 Å². The van der Waals surface area contributed by atoms with Crippen molar-refractivity contribution in [3.8, 4) is 45.7 Å². The van der Waals surface area contributed by atoms with E-state index in [2.05, 4.69) is 35.6 Å². The van der Waals surface area contributed by atoms with Crippen LogP contribution in [0.4, 0.5) is 15.4 Å². The molecule has 0 aliphatic carbocycles. The highest BCUT2D eigenvalue weighted by Gasteiger charge is 2.27. The van der Waals surface area contributed by atoms with Crippen molar-refractivity contribution in [2.45, 2.75) is 39.3 Å². The first-order valence-corrected chi connectivity index (χ1v) is 25.7. The number of pyridine rings is 1. The molecule has 0 radical (unpaired) electrons. The number of rotatable bonds is 16. The van der Waals surface area contributed by atoms with E-state index >= 15 is 0 Å². The van der Waals surface area contributed by atoms with Crippen molar-refractivity contribution >= 4 is 67.6 Å². The first-order chi connectivity index (χ1) is 34.4. The second-order valence-electron chi connectivity index (χ2n) is 17.4. The molecule has 20 nitrogen and oxygen atoms in total. The summed E-state index contributed by atoms with van der Waals surface area (Å²) < 4.78 is 19.2. The first-order valence-electron chi connectivity index (χ1n) is 23.2. The number of carbonyl (C=O) groups excluding carboxylic acids is 3. The van der Waals surface area contributed by atoms with E-state index in [0.717, 1.165) is 16.6 Å². The van der Waals surface area contributed by atoms with E-state index < -0.39 is 18.0 Å². The Hall–Kier alpha value is -7.14. The van der Waals surface area contributed by atoms with Gasteiger partial charge < -0.3 is 50.3 Å². The Labute approximate surface area is 416 Å². The largest absolute Gasteiger partial charge is 0.508 e. The van der Waals surface area contributed by atoms with Gasteiger partial charge >= 0.3 is 12.1 Å². The molecule has 22 heteroatoms. The number of nitrogens with one attached hydrogen (secondary N) is 2. The standard InChI is InChI=1S/C49H54N12O8S2/c1-29(2)36-25-37(40(63)26-39(36)62)45-57-56-30(3)61(45)33-11-9-31(10-12-33)27-58-15-17-60(18-16-58)48(65)53-38(43(50)64)28-71-70-23-14-52-49(66)68-34-7-4-6-32(24-34)44-54-41-35-8-5-13-51-47(35)69-42(41)46(55-44)59-19-21-67-22-20-59/h4-13,24-26,29,38,62-63H,14-23,27-28H2,1-3H3,(H2,50,64)(H,52,66)(H,53,65). The second kappa shape index (κ2) is 21.9. The maximum Gasteiger partial charge on any atom is 0.412 e. The molecule has 2 fully saturated rings. The van der Waals surface area contributed by atoms with E-state index in [-0.39, 0.29) is 35.7 Å². The maximum absolute atomic E-state index is 13.3. The molecule has 0 saturated carbocycles. The predicted molar refractivity (Wildman–Crippen MR) is 272 cm³/mol. The van der Waals surface area contributed by atoms with Crippen LogP contribution in [0.25, 0.3) is 50.7 Å². The summed E-state index contributed by atoms with van der Waals surface area (Å²) in [5, 5.41) is 36.1. The Morgan fingerprint density at radius 1 is 0.901 bits per heavy atom. The Morgan fingerprint density at radius 2 is 1.69 bits per heavy atom. The zero-order valence-corrected chi connectivity index (χ0v) is 41.0. The lowest BCUT2D eigenvalue weighted by molar-refractivity contribution is -0.119. The summed E-state index contributed by atoms with van der Waals surface area (Å²) in [6, 6.07) is 20.6. The normalized spacial score (nSPS) is 14.8. The average Bonchev–Trinajstić information content (AvgIpc) is 3.95. The first kappa shape index (κ1) is 48.9. The van der Waals surface area contributed by atoms with Gasteiger partial charge in [0.2, 0.25) is 11.6 Å². The van der Waals surface area contributed by atoms with Gasteiger partial charge in [-0.15, -0.1) is 10.2 Å². The predicted octanol–water partition coefficient (Wildman–Crippen LogP) is 6.22. The van der Waals surface area contributed by atoms with E-state index in [1.54, 1.807) is 35.4 Å². The number of anilines is 1. The summed E-state index contributed by atoms with van der Waals surface area (Å²) in [5.41, 5.74) is 11.1. The number of carbonyl (C=O) groups is 3. The van der Waals surface area contributed by atoms with Crippen molar-refractivity contribution in [2.75, 3.05) is 75.4 Å². The molecule has 0 bridgehead atoms. The van der Waals surface area contributed by atoms with Crippen LogP contribution in [0.1, 0.15) is 36.7 Å². The Balaban J connectivity index is 0.708. The van der Waals surface area contributed by atoms with Crippen molar-refractivity contribution in [1.29, 1.82) is 0 Å². The third kappa shape index (κ3) is 11.3. The topological polar surface area (TPSA) is 252 Å². The molecule has 6 N–H and O–H groups in total. The minimum absolute atomic E-state index is 0.0311. The number of fused-ring (bicyclic) bond motifs is 3. The molecule has 1 atom stereocenters. The summed E-state index contributed by atoms with van der Waals surface area (Å²) in [6.45, 7) is 11.4. The number of benzene rings is 3. The van der Waals surface area contributed by atoms with E-state index in [9.17, 15) is 24.6 Å². The number of nitrogens with two attached hydrogens (primary N) is 1. The molecule has 4 amide bonds. The van der Waals surface area contributed by atoms with Crippen LogP contribution in [0, 0.1) is 6.92 Å². The van der Waals surface area contributed by atoms with Gasteiger partial charge in [-0.25, -0.2) is 24.5 Å². The third-order valence-electron chi connectivity index (χ3n) is 12.2. The lowest BCUT2D eigenvalue weighted by Crippen LogP contribution is -2.55. The number of urea groups is 1. The minimum Gasteiger partial charge on any atom is -0.508 e. The smallest absolute Gasteiger partial charge is 0.412 e. The molecule has 4 aromatic heterocycles. The monoisotopic (exact) mass is 1000 g/mol. The number of nitrogens with zero attached hydrogens (tertiary/aromatic N) is 9. The highest BCUT2D eigenvalue weighted by Crippen LogP contribution is 2.39. The number of primary amides is 1. The number of phenols is 2. The summed E-state index contributed by atoms with van der Waals surface area (Å²) in [5.74, 6) is 2.62. The highest BCUT2D eigenvalue weighted by molar-refractivity contribution is 8.76. The number of aromatic hydroxyl groups is 2. The van der Waals surface area contributed by atoms with Crippen LogP contribution in [0.2, 0.25) is 0 Å². The van der Waals surface area contributed by atoms with Gasteiger partial charge in [-0.2, -0.15) is 0 Å². The van der Waals surface area contributed by atoms with Crippen molar-refractivity contribution in [3.05, 3.63) is 95.9 Å². The fourth-order valence-corrected chi connectivity index (χ4v) is 10.5. The zero-order chi connectivity index (χ0) is 49.6. The van der Waals surface area contributed by atoms with Crippen molar-refractivity contribution in [3.63, 3.8) is 0 Å². The van der Waals surface area contributed by atoms with Gasteiger partial charge in [-0.3, -0.25) is 14.3 Å². The number of hydrogen-bond donors (Lipinski definition) is 5. The lowest BCUT2D eigenvalue weighted by atomic mass is 9.98. The summed E-state index contributed by atoms with van der Waals surface area (Å²) in [6.07, 6.45) is 1.04. The molecule has 1 unspecified atom stereocenters. The van der Waals surface area contributed by atoms with E-state index in [1.807, 2.05) is 67.8 Å². The van der Waals surface area contributed by atoms with Crippen molar-refractivity contribution < 1.29 is 38.5 Å². The Bertz CT molecular complexity index is 3050. The number of aromatic nitrogens is 6. The summed E-state index contributed by atoms with van der Waals surface area (Å²) in [7, 11) is 2.80. The molecule has 7 aromatic rings. The fraction of sp³-hybridized carbons (Fsp3) is 0.347. The van der Waals surface area contributed by atoms with Crippen LogP contribution in [-0.2, 0) is 16.1 Å². The van der Waals surface area contributed by atoms with Crippen LogP contribution < -0.4 is 26.0 Å². The molecule has 0 spiro atoms. The SMILES string of the molecule is Cc1nnc(-c2cc(C(C)C)c(O)cc2O)n1-c1ccc(CN2CCN(C(=O)NC(CSSCCNC(=O)Oc3cccc(-c4nc(N5CCOCC5)c5oc6ncccc6c5n4)c3)C(N)=O)CC2)cc1. The number of ether oxygens (including phenoxy) is 2. The summed E-state index contributed by atoms with van der Waals surface area (Å²) >= 11 is 0. The molecule has 3 aromatic carbocycles. The van der Waals surface area contributed by atoms with E-state index in [0.29, 0.717) is 127 Å². The molecule has 9 rings (SSSR count). The van der Waals surface area contributed by atoms with Crippen LogP contribution >= 0.6 is 21.6 Å². The zero-order valence-electron chi connectivity index (χ0n) is 39.4. The van der Waals surface area contributed by atoms with Crippen LogP contribution in [0.3, 0.4) is 0 Å². The minimum atomic E-state index is -0.884. The molecule has 2 aliphatic heterocycles. The van der Waals surface area contributed by atoms with Gasteiger partial charge in [0.05, 0.1) is 24.2 Å². The van der Waals surface area contributed by atoms with Crippen molar-refractivity contribution in [2.24, 2.45) is 5.73 Å². The Kier molecular flexibility index (Phi) is 15.1. The van der Waals surface area contributed by atoms with Crippen molar-refractivity contribution in [1.82, 2.24) is 50.1 Å². The summed E-state index contributed by atoms with van der Waals surface area (Å²) in [4.78, 5) is 58.6. The fourth-order valence-electron chi connectivity index (χ4n) is 8.43. The molecule has 2 saturated heterocycles. The molecule has 2 aliphatic rings. The molecule has 71 heavy (non-hydrogen) atoms. The molecular formula is C49H54N12O8S2. The highest BCUT2D eigenvalue weighted by atomic mass is 33.1. The number of amides is 4. The number of hydrogen-bond acceptors (Lipinski definition) is 17. The van der Waals surface area contributed by atoms with E-state index in [4.69, 9.17) is 29.6 Å². The van der Waals surface area contributed by atoms with Gasteiger partial charge in [-0.05, 0) is 66.4 Å². The third-order valence-corrected chi connectivity index (χ3v) is 14.6. The van der Waals surface area contributed by atoms with Gasteiger partial charge in [-0.1, -0.05) is 59.7 Å². The van der Waals surface area contributed by atoms with Gasteiger partial charge in [0.15, 0.2) is 23.0 Å². The number of piperazine rings is 1. The van der Waals surface area contributed by atoms with Crippen LogP contribution in [0.5, 0.6) is 17.2 Å². The van der Waals surface area contributed by atoms with Gasteiger partial charge in [0, 0.05) is 87.4 Å². The number of morpholine rings is 1. The number of phenolic OH excluding ortho intramolecular Hbond substituents is 2. The molecular weight excluding hydrogens is 949 g/mol. The second-order valence-corrected chi connectivity index (χ2v) is 20.0. The molecule has 370 valence electrons. The lowest BCUT2D eigenvalue weighted by Gasteiger charge is -2.35. The maximum atomic E-state index is 13.3. The Morgan fingerprint density at radius 3 is 2.45 bits per heavy atom. The number of aryl methyl sites for hydroxylation is 1. The van der Waals surface area contributed by atoms with E-state index in [1.165, 1.54) is 27.7 Å². The molecule has 6 heterocycles. The number of furan rings is 1. The van der Waals surface area contributed by atoms with Gasteiger partial charge in [0.1, 0.15) is 34.6 Å². The van der Waals surface area contributed by atoms with Gasteiger partial charge in [0.25, 0.3) is 0 Å². The average molecular weight is 1000 g/mol. The quantitative estimate of drug-likeness (QED) is 0.0532. The van der Waals surface area contributed by atoms with Crippen LogP contribution in [-0.4, -0.2) is 144 Å².